The number of ether oxygens (including phenoxy) is 2. The number of halogens is 3. The molecule has 2 rings (SSSR count). The third-order valence-corrected chi connectivity index (χ3v) is 8.02. The predicted molar refractivity (Wildman–Crippen MR) is 118 cm³/mol. The van der Waals surface area contributed by atoms with E-state index in [0.717, 1.165) is 10.8 Å². The topological polar surface area (TPSA) is 268 Å². The molecule has 4 atom stereocenters. The molecule has 39 heavy (non-hydrogen) atoms. The third kappa shape index (κ3) is 11.4. The summed E-state index contributed by atoms with van der Waals surface area (Å²) in [5.41, 5.74) is 4.70. The Hall–Kier alpha value is -2.33. The average molecular weight is 630 g/mol. The van der Waals surface area contributed by atoms with Crippen molar-refractivity contribution in [1.82, 2.24) is 14.9 Å². The number of nitrogen functional groups attached to an aromatic ring is 1. The molecule has 1 aliphatic rings. The summed E-state index contributed by atoms with van der Waals surface area (Å²) in [5.74, 6) is -0.0978. The number of nitrogens with one attached hydrogen (secondary N) is 1. The van der Waals surface area contributed by atoms with E-state index in [1.807, 2.05) is 0 Å². The fourth-order valence-electron chi connectivity index (χ4n) is 2.74. The maximum absolute atomic E-state index is 12.2. The molecule has 18 nitrogen and oxygen atoms in total. The number of carbonyl (C=O) groups is 1. The number of carbonyl (C=O) groups excluding carboxylic acids is 1. The third-order valence-electron chi connectivity index (χ3n) is 4.22. The molecule has 0 saturated carbocycles. The van der Waals surface area contributed by atoms with Crippen molar-refractivity contribution in [3.63, 3.8) is 0 Å². The van der Waals surface area contributed by atoms with E-state index in [0.29, 0.717) is 0 Å². The minimum absolute atomic E-state index is 0.0470. The molecule has 2 heterocycles. The lowest BCUT2D eigenvalue weighted by atomic mass is 10.2. The van der Waals surface area contributed by atoms with Gasteiger partial charge in [-0.15, -0.1) is 0 Å². The van der Waals surface area contributed by atoms with E-state index in [-0.39, 0.29) is 24.2 Å². The van der Waals surface area contributed by atoms with Crippen LogP contribution < -0.4 is 16.7 Å². The van der Waals surface area contributed by atoms with Crippen LogP contribution in [0.1, 0.15) is 24.6 Å². The molecule has 1 saturated heterocycles. The van der Waals surface area contributed by atoms with Crippen molar-refractivity contribution in [3.8, 4) is 12.0 Å². The van der Waals surface area contributed by atoms with Gasteiger partial charge in [0.2, 0.25) is 0 Å². The number of hydrogen-bond donors (Lipinski definition) is 6. The summed E-state index contributed by atoms with van der Waals surface area (Å²) >= 11 is 0. The lowest BCUT2D eigenvalue weighted by molar-refractivity contribution is -0.173. The lowest BCUT2D eigenvalue weighted by Crippen LogP contribution is -2.38. The van der Waals surface area contributed by atoms with Crippen LogP contribution in [0.2, 0.25) is 0 Å². The molecule has 2 unspecified atom stereocenters. The first-order chi connectivity index (χ1) is 17.8. The Labute approximate surface area is 215 Å². The van der Waals surface area contributed by atoms with E-state index in [1.165, 1.54) is 0 Å². The van der Waals surface area contributed by atoms with E-state index in [2.05, 4.69) is 30.2 Å². The molecule has 7 N–H and O–H groups in total. The largest absolute Gasteiger partial charge is 0.490 e. The highest BCUT2D eigenvalue weighted by atomic mass is 31.3. The minimum Gasteiger partial charge on any atom is -0.444 e. The zero-order valence-electron chi connectivity index (χ0n) is 19.1. The fraction of sp³-hybridized carbons (Fsp3) is 0.533. The Morgan fingerprint density at radius 1 is 1.21 bits per heavy atom. The minimum atomic E-state index is -5.70. The number of alkyl halides is 3. The van der Waals surface area contributed by atoms with Crippen molar-refractivity contribution in [3.05, 3.63) is 22.2 Å². The van der Waals surface area contributed by atoms with Crippen LogP contribution in [0.3, 0.4) is 0 Å². The van der Waals surface area contributed by atoms with Gasteiger partial charge >= 0.3 is 41.2 Å². The molecule has 0 aliphatic carbocycles. The Morgan fingerprint density at radius 3 is 2.49 bits per heavy atom. The van der Waals surface area contributed by atoms with Gasteiger partial charge in [0.1, 0.15) is 24.8 Å². The summed E-state index contributed by atoms with van der Waals surface area (Å²) in [6, 6.07) is 0. The van der Waals surface area contributed by atoms with Gasteiger partial charge in [-0.2, -0.15) is 26.8 Å². The molecule has 1 aliphatic heterocycles. The number of hydrogen-bond acceptors (Lipinski definition) is 12. The summed E-state index contributed by atoms with van der Waals surface area (Å²) in [5, 5.41) is 1.56. The van der Waals surface area contributed by atoms with Crippen molar-refractivity contribution >= 4 is 35.2 Å². The maximum Gasteiger partial charge on any atom is 0.490 e. The Morgan fingerprint density at radius 2 is 1.87 bits per heavy atom. The van der Waals surface area contributed by atoms with E-state index < -0.39 is 73.3 Å². The van der Waals surface area contributed by atoms with E-state index in [4.69, 9.17) is 29.9 Å². The number of amides is 1. The Balaban J connectivity index is 1.95. The summed E-state index contributed by atoms with van der Waals surface area (Å²) in [4.78, 5) is 62.2. The molecule has 0 bridgehead atoms. The van der Waals surface area contributed by atoms with Gasteiger partial charge in [0.05, 0.1) is 24.8 Å². The number of nitrogens with zero attached hydrogens (tertiary/aromatic N) is 2. The normalized spacial score (nSPS) is 20.8. The van der Waals surface area contributed by atoms with Crippen LogP contribution in [-0.2, 0) is 41.1 Å². The average Bonchev–Trinajstić information content (AvgIpc) is 3.21. The molecule has 1 amide bonds. The zero-order valence-corrected chi connectivity index (χ0v) is 21.8. The van der Waals surface area contributed by atoms with Gasteiger partial charge in [-0.05, 0) is 18.8 Å². The molecule has 1 aromatic rings. The molecule has 24 heteroatoms. The monoisotopic (exact) mass is 630 g/mol. The van der Waals surface area contributed by atoms with Crippen molar-refractivity contribution in [2.75, 3.05) is 25.5 Å². The maximum atomic E-state index is 12.2. The zero-order chi connectivity index (χ0) is 29.6. The van der Waals surface area contributed by atoms with Gasteiger partial charge in [0.25, 0.3) is 0 Å². The molecule has 220 valence electrons. The van der Waals surface area contributed by atoms with E-state index >= 15 is 0 Å². The number of rotatable bonds is 11. The number of nitrogens with two attached hydrogens (primary N) is 1. The van der Waals surface area contributed by atoms with Crippen LogP contribution in [0.25, 0.3) is 0 Å². The smallest absolute Gasteiger partial charge is 0.444 e. The van der Waals surface area contributed by atoms with Crippen LogP contribution in [0.4, 0.5) is 19.0 Å². The molecule has 0 aromatic carbocycles. The van der Waals surface area contributed by atoms with Crippen molar-refractivity contribution in [2.45, 2.75) is 31.3 Å². The fourth-order valence-corrected chi connectivity index (χ4v) is 5.79. The molecular weight excluding hydrogens is 610 g/mol. The Kier molecular flexibility index (Phi) is 10.9. The first-order valence-corrected chi connectivity index (χ1v) is 14.6. The van der Waals surface area contributed by atoms with Crippen LogP contribution >= 0.6 is 23.5 Å². The highest BCUT2D eigenvalue weighted by Crippen LogP contribution is 2.66. The molecule has 1 fully saturated rings. The van der Waals surface area contributed by atoms with Gasteiger partial charge in [-0.25, -0.2) is 18.5 Å². The van der Waals surface area contributed by atoms with Crippen LogP contribution in [0.15, 0.2) is 11.0 Å². The lowest BCUT2D eigenvalue weighted by Gasteiger charge is -2.19. The van der Waals surface area contributed by atoms with E-state index in [9.17, 15) is 41.3 Å². The van der Waals surface area contributed by atoms with Gasteiger partial charge in [-0.3, -0.25) is 13.9 Å². The van der Waals surface area contributed by atoms with Crippen molar-refractivity contribution in [1.29, 1.82) is 0 Å². The second kappa shape index (κ2) is 12.9. The number of aromatic nitrogens is 2. The van der Waals surface area contributed by atoms with Gasteiger partial charge in [0, 0.05) is 6.20 Å². The highest BCUT2D eigenvalue weighted by molar-refractivity contribution is 7.66. The summed E-state index contributed by atoms with van der Waals surface area (Å²) < 4.78 is 93.0. The second-order valence-electron chi connectivity index (χ2n) is 7.24. The summed E-state index contributed by atoms with van der Waals surface area (Å²) in [7, 11) is -16.6. The number of anilines is 1. The van der Waals surface area contributed by atoms with Crippen LogP contribution in [-0.4, -0.2) is 67.1 Å². The molecule has 0 spiro atoms. The van der Waals surface area contributed by atoms with Gasteiger partial charge in [-0.1, -0.05) is 0 Å². The van der Waals surface area contributed by atoms with Crippen LogP contribution in [0, 0.1) is 12.0 Å². The predicted octanol–water partition coefficient (Wildman–Crippen LogP) is -0.150. The second-order valence-corrected chi connectivity index (χ2v) is 11.7. The van der Waals surface area contributed by atoms with Crippen molar-refractivity contribution < 1.29 is 73.9 Å². The molecule has 1 aromatic heterocycles. The molecular formula is C15H20F3N4O14P3. The number of phosphoric acid groups is 3. The van der Waals surface area contributed by atoms with Crippen molar-refractivity contribution in [2.24, 2.45) is 0 Å². The van der Waals surface area contributed by atoms with Gasteiger partial charge in [0.15, 0.2) is 0 Å². The SMILES string of the molecule is Nc1nc(=O)n([C@H]2CC[C@@H](COP(=O)(O)OP(=O)(O)OP(=O)(O)O)O2)cc1C#COCCNC(=O)C(F)(F)F. The quantitative estimate of drug-likeness (QED) is 0.105. The van der Waals surface area contributed by atoms with Gasteiger partial charge < -0.3 is 40.1 Å². The Bertz CT molecular complexity index is 1320. The standard InChI is InChI=1S/C15H20F3N4O14P3/c16-15(17,18)13(23)20-4-6-32-5-3-9-7-22(14(24)21-12(9)19)11-2-1-10(34-11)8-33-38(28,29)36-39(30,31)35-37(25,26)27/h7,10-11H,1-2,4,6,8H2,(H,20,23)(H,28,29)(H,30,31)(H2,19,21,24)(H2,25,26,27)/t10-,11+/m0/s1. The number of phosphoric ester groups is 1. The summed E-state index contributed by atoms with van der Waals surface area (Å²) in [6.07, 6.45) is -3.56. The summed E-state index contributed by atoms with van der Waals surface area (Å²) in [6.45, 7) is -1.65. The molecule has 0 radical (unpaired) electrons. The first-order valence-electron chi connectivity index (χ1n) is 10.1. The first kappa shape index (κ1) is 32.9. The van der Waals surface area contributed by atoms with E-state index in [1.54, 1.807) is 5.32 Å². The highest BCUT2D eigenvalue weighted by Gasteiger charge is 2.41. The van der Waals surface area contributed by atoms with Crippen LogP contribution in [0.5, 0.6) is 0 Å².